The van der Waals surface area contributed by atoms with E-state index in [1.54, 1.807) is 0 Å². The lowest BCUT2D eigenvalue weighted by atomic mass is 10.2. The average molecular weight is 303 g/mol. The summed E-state index contributed by atoms with van der Waals surface area (Å²) >= 11 is 1.87. The van der Waals surface area contributed by atoms with Gasteiger partial charge in [-0.05, 0) is 24.9 Å². The van der Waals surface area contributed by atoms with Crippen LogP contribution >= 0.6 is 11.8 Å². The van der Waals surface area contributed by atoms with Crippen molar-refractivity contribution in [3.05, 3.63) is 47.2 Å². The number of hydrogen-bond donors (Lipinski definition) is 1. The minimum atomic E-state index is 0.669. The van der Waals surface area contributed by atoms with E-state index in [0.29, 0.717) is 5.92 Å². The minimum absolute atomic E-state index is 0.669. The molecule has 21 heavy (non-hydrogen) atoms. The van der Waals surface area contributed by atoms with Gasteiger partial charge in [-0.1, -0.05) is 44.2 Å². The van der Waals surface area contributed by atoms with Gasteiger partial charge in [-0.3, -0.25) is 4.68 Å². The highest BCUT2D eigenvalue weighted by Crippen LogP contribution is 2.27. The maximum Gasteiger partial charge on any atom is 0.0987 e. The molecule has 2 aromatic rings. The molecule has 1 heterocycles. The Labute approximate surface area is 132 Å². The molecule has 0 saturated carbocycles. The second-order valence-corrected chi connectivity index (χ2v) is 6.76. The predicted molar refractivity (Wildman–Crippen MR) is 90.5 cm³/mol. The molecule has 0 spiro atoms. The normalized spacial score (nSPS) is 11.3. The van der Waals surface area contributed by atoms with Crippen molar-refractivity contribution in [1.29, 1.82) is 0 Å². The highest BCUT2D eigenvalue weighted by molar-refractivity contribution is 7.98. The Bertz CT molecular complexity index is 561. The quantitative estimate of drug-likeness (QED) is 0.790. The molecule has 0 unspecified atom stereocenters. The monoisotopic (exact) mass is 303 g/mol. The first-order valence-electron chi connectivity index (χ1n) is 7.48. The summed E-state index contributed by atoms with van der Waals surface area (Å²) < 4.78 is 2.01. The van der Waals surface area contributed by atoms with Crippen molar-refractivity contribution in [2.24, 2.45) is 13.0 Å². The van der Waals surface area contributed by atoms with Gasteiger partial charge in [0, 0.05) is 24.9 Å². The molecule has 2 rings (SSSR count). The number of nitrogens with zero attached hydrogens (tertiary/aromatic N) is 2. The summed E-state index contributed by atoms with van der Waals surface area (Å²) in [5.74, 6) is 1.65. The van der Waals surface area contributed by atoms with Crippen LogP contribution in [0.2, 0.25) is 0 Å². The van der Waals surface area contributed by atoms with Crippen molar-refractivity contribution >= 4 is 11.8 Å². The summed E-state index contributed by atoms with van der Waals surface area (Å²) in [6.07, 6.45) is 0. The fraction of sp³-hybridized carbons (Fsp3) is 0.471. The Kier molecular flexibility index (Phi) is 5.88. The summed E-state index contributed by atoms with van der Waals surface area (Å²) in [6.45, 7) is 8.49. The molecule has 0 aliphatic rings. The molecule has 0 radical (unpaired) electrons. The van der Waals surface area contributed by atoms with Crippen LogP contribution in [0.1, 0.15) is 30.7 Å². The van der Waals surface area contributed by atoms with Crippen LogP contribution in [0.5, 0.6) is 0 Å². The smallest absolute Gasteiger partial charge is 0.0987 e. The van der Waals surface area contributed by atoms with E-state index in [1.165, 1.54) is 16.2 Å². The Morgan fingerprint density at radius 3 is 2.62 bits per heavy atom. The van der Waals surface area contributed by atoms with E-state index in [-0.39, 0.29) is 0 Å². The second kappa shape index (κ2) is 7.66. The molecule has 4 heteroatoms. The van der Waals surface area contributed by atoms with Gasteiger partial charge in [0.05, 0.1) is 10.7 Å². The molecule has 0 atom stereocenters. The van der Waals surface area contributed by atoms with Gasteiger partial charge in [0.1, 0.15) is 0 Å². The first-order valence-corrected chi connectivity index (χ1v) is 8.46. The fourth-order valence-electron chi connectivity index (χ4n) is 2.28. The van der Waals surface area contributed by atoms with E-state index in [1.807, 2.05) is 23.5 Å². The summed E-state index contributed by atoms with van der Waals surface area (Å²) in [5.41, 5.74) is 3.81. The molecule has 0 aliphatic heterocycles. The van der Waals surface area contributed by atoms with Gasteiger partial charge in [0.2, 0.25) is 0 Å². The molecule has 1 aromatic carbocycles. The van der Waals surface area contributed by atoms with Gasteiger partial charge in [-0.15, -0.1) is 11.8 Å². The lowest BCUT2D eigenvalue weighted by Crippen LogP contribution is -2.19. The summed E-state index contributed by atoms with van der Waals surface area (Å²) in [7, 11) is 2.03. The Morgan fingerprint density at radius 2 is 1.95 bits per heavy atom. The van der Waals surface area contributed by atoms with Crippen LogP contribution in [0.3, 0.4) is 0 Å². The van der Waals surface area contributed by atoms with Crippen LogP contribution in [0.25, 0.3) is 0 Å². The molecule has 1 N–H and O–H groups in total. The van der Waals surface area contributed by atoms with Gasteiger partial charge < -0.3 is 5.32 Å². The van der Waals surface area contributed by atoms with Crippen molar-refractivity contribution in [2.75, 3.05) is 6.54 Å². The van der Waals surface area contributed by atoms with E-state index in [0.717, 1.165) is 24.5 Å². The summed E-state index contributed by atoms with van der Waals surface area (Å²) in [4.78, 5) is 0. The summed E-state index contributed by atoms with van der Waals surface area (Å²) in [5, 5.41) is 9.38. The Balaban J connectivity index is 2.04. The standard InChI is InChI=1S/C17H25N3S/c1-13(2)10-18-11-16-14(3)19-20(4)17(16)21-12-15-8-6-5-7-9-15/h5-9,13,18H,10-12H2,1-4H3. The molecule has 114 valence electrons. The van der Waals surface area contributed by atoms with Crippen LogP contribution in [0.15, 0.2) is 35.4 Å². The van der Waals surface area contributed by atoms with Gasteiger partial charge in [0.25, 0.3) is 0 Å². The molecular weight excluding hydrogens is 278 g/mol. The zero-order chi connectivity index (χ0) is 15.2. The Morgan fingerprint density at radius 1 is 1.24 bits per heavy atom. The predicted octanol–water partition coefficient (Wildman–Crippen LogP) is 3.77. The van der Waals surface area contributed by atoms with Crippen molar-refractivity contribution < 1.29 is 0 Å². The SMILES string of the molecule is Cc1nn(C)c(SCc2ccccc2)c1CNCC(C)C. The summed E-state index contributed by atoms with van der Waals surface area (Å²) in [6, 6.07) is 10.6. The highest BCUT2D eigenvalue weighted by atomic mass is 32.2. The third-order valence-electron chi connectivity index (χ3n) is 3.36. The van der Waals surface area contributed by atoms with Crippen molar-refractivity contribution in [1.82, 2.24) is 15.1 Å². The molecule has 0 aliphatic carbocycles. The van der Waals surface area contributed by atoms with Crippen molar-refractivity contribution in [3.8, 4) is 0 Å². The number of aromatic nitrogens is 2. The number of rotatable bonds is 7. The van der Waals surface area contributed by atoms with Crippen LogP contribution in [0, 0.1) is 12.8 Å². The lowest BCUT2D eigenvalue weighted by molar-refractivity contribution is 0.548. The third-order valence-corrected chi connectivity index (χ3v) is 4.62. The number of hydrogen-bond acceptors (Lipinski definition) is 3. The number of nitrogens with one attached hydrogen (secondary N) is 1. The van der Waals surface area contributed by atoms with Gasteiger partial charge in [-0.25, -0.2) is 0 Å². The third kappa shape index (κ3) is 4.61. The lowest BCUT2D eigenvalue weighted by Gasteiger charge is -2.09. The number of benzene rings is 1. The zero-order valence-corrected chi connectivity index (χ0v) is 14.2. The number of thioether (sulfide) groups is 1. The molecule has 0 fully saturated rings. The molecule has 0 bridgehead atoms. The van der Waals surface area contributed by atoms with Gasteiger partial charge in [0.15, 0.2) is 0 Å². The Hall–Kier alpha value is -1.26. The highest BCUT2D eigenvalue weighted by Gasteiger charge is 2.13. The zero-order valence-electron chi connectivity index (χ0n) is 13.4. The molecule has 1 aromatic heterocycles. The number of aryl methyl sites for hydroxylation is 2. The van der Waals surface area contributed by atoms with E-state index in [9.17, 15) is 0 Å². The van der Waals surface area contributed by atoms with Crippen molar-refractivity contribution in [3.63, 3.8) is 0 Å². The van der Waals surface area contributed by atoms with Crippen LogP contribution < -0.4 is 5.32 Å². The fourth-order valence-corrected chi connectivity index (χ4v) is 3.39. The maximum absolute atomic E-state index is 4.58. The molecule has 3 nitrogen and oxygen atoms in total. The van der Waals surface area contributed by atoms with E-state index in [2.05, 4.69) is 61.5 Å². The molecular formula is C17H25N3S. The first kappa shape index (κ1) is 16.1. The van der Waals surface area contributed by atoms with Gasteiger partial charge in [-0.2, -0.15) is 5.10 Å². The topological polar surface area (TPSA) is 29.9 Å². The van der Waals surface area contributed by atoms with Crippen LogP contribution in [0.4, 0.5) is 0 Å². The van der Waals surface area contributed by atoms with Crippen LogP contribution in [-0.2, 0) is 19.3 Å². The average Bonchev–Trinajstić information content (AvgIpc) is 2.72. The molecule has 0 amide bonds. The van der Waals surface area contributed by atoms with E-state index < -0.39 is 0 Å². The largest absolute Gasteiger partial charge is 0.312 e. The molecule has 0 saturated heterocycles. The van der Waals surface area contributed by atoms with Crippen molar-refractivity contribution in [2.45, 2.75) is 38.1 Å². The van der Waals surface area contributed by atoms with E-state index >= 15 is 0 Å². The minimum Gasteiger partial charge on any atom is -0.312 e. The van der Waals surface area contributed by atoms with Crippen LogP contribution in [-0.4, -0.2) is 16.3 Å². The van der Waals surface area contributed by atoms with Gasteiger partial charge >= 0.3 is 0 Å². The second-order valence-electron chi connectivity index (χ2n) is 5.79. The maximum atomic E-state index is 4.58. The van der Waals surface area contributed by atoms with E-state index in [4.69, 9.17) is 0 Å². The first-order chi connectivity index (χ1) is 10.1.